The first-order chi connectivity index (χ1) is 16.4. The number of aryl methyl sites for hydroxylation is 2. The van der Waals surface area contributed by atoms with Gasteiger partial charge in [0.2, 0.25) is 0 Å². The number of hydrogen-bond donors (Lipinski definition) is 2. The van der Waals surface area contributed by atoms with Gasteiger partial charge in [0.25, 0.3) is 10.1 Å². The summed E-state index contributed by atoms with van der Waals surface area (Å²) in [4.78, 5) is 4.18. The van der Waals surface area contributed by atoms with E-state index in [1.165, 1.54) is 30.0 Å². The lowest BCUT2D eigenvalue weighted by molar-refractivity contribution is -0.137. The predicted molar refractivity (Wildman–Crippen MR) is 133 cm³/mol. The van der Waals surface area contributed by atoms with Gasteiger partial charge in [-0.1, -0.05) is 41.6 Å². The van der Waals surface area contributed by atoms with Crippen molar-refractivity contribution in [3.8, 4) is 0 Å². The highest BCUT2D eigenvalue weighted by Gasteiger charge is 2.30. The maximum Gasteiger partial charge on any atom is 0.416 e. The van der Waals surface area contributed by atoms with E-state index < -0.39 is 21.9 Å². The van der Waals surface area contributed by atoms with Crippen LogP contribution in [-0.4, -0.2) is 39.1 Å². The Morgan fingerprint density at radius 2 is 1.54 bits per heavy atom. The summed E-state index contributed by atoms with van der Waals surface area (Å²) >= 11 is 1.52. The van der Waals surface area contributed by atoms with Gasteiger partial charge in [0.05, 0.1) is 16.1 Å². The maximum atomic E-state index is 12.8. The highest BCUT2D eigenvalue weighted by Crippen LogP contribution is 2.39. The molecule has 0 radical (unpaired) electrons. The van der Waals surface area contributed by atoms with Crippen LogP contribution in [0.15, 0.2) is 81.4 Å². The summed E-state index contributed by atoms with van der Waals surface area (Å²) in [6.07, 6.45) is -4.30. The van der Waals surface area contributed by atoms with Crippen LogP contribution in [0.25, 0.3) is 0 Å². The van der Waals surface area contributed by atoms with Gasteiger partial charge in [-0.2, -0.15) is 21.6 Å². The van der Waals surface area contributed by atoms with Crippen molar-refractivity contribution < 1.29 is 26.1 Å². The van der Waals surface area contributed by atoms with E-state index in [0.717, 1.165) is 53.3 Å². The second-order valence-electron chi connectivity index (χ2n) is 8.07. The van der Waals surface area contributed by atoms with Crippen LogP contribution in [0.2, 0.25) is 0 Å². The molecule has 2 N–H and O–H groups in total. The number of rotatable bonds is 4. The van der Waals surface area contributed by atoms with Crippen LogP contribution < -0.4 is 10.2 Å². The Kier molecular flexibility index (Phi) is 8.87. The summed E-state index contributed by atoms with van der Waals surface area (Å²) < 4.78 is 68.0. The molecule has 188 valence electrons. The minimum atomic E-state index is -4.30. The highest BCUT2D eigenvalue weighted by molar-refractivity contribution is 7.99. The quantitative estimate of drug-likeness (QED) is 0.420. The molecular weight excluding hydrogens is 497 g/mol. The Labute approximate surface area is 208 Å². The summed E-state index contributed by atoms with van der Waals surface area (Å²) in [5, 5.41) is 3.33. The molecule has 0 bridgehead atoms. The van der Waals surface area contributed by atoms with Gasteiger partial charge in [-0.3, -0.25) is 4.55 Å². The molecule has 10 heteroatoms. The van der Waals surface area contributed by atoms with Crippen molar-refractivity contribution in [2.24, 2.45) is 0 Å². The van der Waals surface area contributed by atoms with Crippen molar-refractivity contribution in [3.63, 3.8) is 0 Å². The second-order valence-corrected chi connectivity index (χ2v) is 10.6. The number of nitrogens with one attached hydrogen (secondary N) is 1. The molecule has 0 amide bonds. The fourth-order valence-electron chi connectivity index (χ4n) is 3.48. The number of para-hydroxylation sites is 1. The molecule has 1 heterocycles. The molecule has 0 atom stereocenters. The monoisotopic (exact) mass is 524 g/mol. The second kappa shape index (κ2) is 11.5. The Morgan fingerprint density at radius 1 is 0.914 bits per heavy atom. The average molecular weight is 525 g/mol. The normalized spacial score (nSPS) is 14.3. The Hall–Kier alpha value is -2.53. The van der Waals surface area contributed by atoms with E-state index in [2.05, 4.69) is 16.3 Å². The van der Waals surface area contributed by atoms with Gasteiger partial charge in [-0.25, -0.2) is 0 Å². The fourth-order valence-corrected chi connectivity index (χ4v) is 5.00. The van der Waals surface area contributed by atoms with Gasteiger partial charge in [0, 0.05) is 36.0 Å². The zero-order valence-corrected chi connectivity index (χ0v) is 21.0. The summed E-state index contributed by atoms with van der Waals surface area (Å²) in [7, 11) is -4.02. The lowest BCUT2D eigenvalue weighted by Crippen LogP contribution is -2.43. The van der Waals surface area contributed by atoms with Crippen molar-refractivity contribution in [2.75, 3.05) is 31.1 Å². The smallest absolute Gasteiger partial charge is 0.368 e. The first kappa shape index (κ1) is 27.1. The lowest BCUT2D eigenvalue weighted by atomic mass is 10.1. The molecule has 35 heavy (non-hydrogen) atoms. The number of piperazine rings is 1. The molecule has 1 fully saturated rings. The fraction of sp³-hybridized carbons (Fsp3) is 0.280. The summed E-state index contributed by atoms with van der Waals surface area (Å²) in [5.74, 6) is 0. The Morgan fingerprint density at radius 3 is 2.11 bits per heavy atom. The van der Waals surface area contributed by atoms with Crippen molar-refractivity contribution in [2.45, 2.75) is 34.7 Å². The van der Waals surface area contributed by atoms with Crippen LogP contribution >= 0.6 is 11.8 Å². The van der Waals surface area contributed by atoms with Crippen LogP contribution in [-0.2, 0) is 16.3 Å². The summed E-state index contributed by atoms with van der Waals surface area (Å²) in [6.45, 7) is 7.32. The topological polar surface area (TPSA) is 69.6 Å². The van der Waals surface area contributed by atoms with Gasteiger partial charge in [0.1, 0.15) is 0 Å². The number of anilines is 1. The number of nitrogens with zero attached hydrogens (tertiary/aromatic N) is 1. The third kappa shape index (κ3) is 7.73. The van der Waals surface area contributed by atoms with E-state index >= 15 is 0 Å². The first-order valence-electron chi connectivity index (χ1n) is 10.9. The van der Waals surface area contributed by atoms with E-state index in [-0.39, 0.29) is 4.90 Å². The van der Waals surface area contributed by atoms with E-state index in [0.29, 0.717) is 5.56 Å². The molecule has 0 saturated carbocycles. The van der Waals surface area contributed by atoms with Crippen LogP contribution in [0.3, 0.4) is 0 Å². The van der Waals surface area contributed by atoms with Gasteiger partial charge >= 0.3 is 6.18 Å². The Balaban J connectivity index is 0.000000261. The predicted octanol–water partition coefficient (Wildman–Crippen LogP) is 5.82. The van der Waals surface area contributed by atoms with E-state index in [1.54, 1.807) is 25.1 Å². The standard InChI is InChI=1S/C18H19F3N2S.C7H8O3S/c1-13-12-14(18(19,20)21)6-7-16(13)24-17-5-3-2-4-15(17)23-10-8-22-9-11-23;1-6-2-4-7(5-3-6)11(8,9)10/h2-7,12,22H,8-11H2,1H3;2-5H,1H3,(H,8,9,10). The molecular formula is C25H27F3N2O3S2. The van der Waals surface area contributed by atoms with Crippen molar-refractivity contribution in [1.82, 2.24) is 5.32 Å². The van der Waals surface area contributed by atoms with Gasteiger partial charge in [-0.05, 0) is 61.9 Å². The van der Waals surface area contributed by atoms with Gasteiger partial charge in [-0.15, -0.1) is 0 Å². The largest absolute Gasteiger partial charge is 0.416 e. The SMILES string of the molecule is Cc1cc(C(F)(F)F)ccc1Sc1ccccc1N1CCNCC1.Cc1ccc(S(=O)(=O)O)cc1. The first-order valence-corrected chi connectivity index (χ1v) is 13.2. The molecule has 3 aromatic rings. The molecule has 0 aliphatic carbocycles. The maximum absolute atomic E-state index is 12.8. The van der Waals surface area contributed by atoms with Gasteiger partial charge in [0.15, 0.2) is 0 Å². The molecule has 1 aliphatic rings. The summed E-state index contributed by atoms with van der Waals surface area (Å²) in [5.41, 5.74) is 2.14. The Bertz CT molecular complexity index is 1240. The van der Waals surface area contributed by atoms with Crippen LogP contribution in [0.5, 0.6) is 0 Å². The zero-order valence-electron chi connectivity index (χ0n) is 19.3. The van der Waals surface area contributed by atoms with Gasteiger partial charge < -0.3 is 10.2 Å². The molecule has 0 aromatic heterocycles. The molecule has 3 aromatic carbocycles. The molecule has 1 saturated heterocycles. The van der Waals surface area contributed by atoms with Crippen molar-refractivity contribution in [3.05, 3.63) is 83.4 Å². The third-order valence-corrected chi connectivity index (χ3v) is 7.47. The summed E-state index contributed by atoms with van der Waals surface area (Å²) in [6, 6.07) is 18.0. The number of benzene rings is 3. The molecule has 0 spiro atoms. The third-order valence-electron chi connectivity index (χ3n) is 5.36. The van der Waals surface area contributed by atoms with E-state index in [4.69, 9.17) is 4.55 Å². The van der Waals surface area contributed by atoms with E-state index in [9.17, 15) is 21.6 Å². The molecule has 1 aliphatic heterocycles. The van der Waals surface area contributed by atoms with Crippen LogP contribution in [0, 0.1) is 13.8 Å². The molecule has 0 unspecified atom stereocenters. The van der Waals surface area contributed by atoms with Crippen LogP contribution in [0.1, 0.15) is 16.7 Å². The lowest BCUT2D eigenvalue weighted by Gasteiger charge is -2.31. The van der Waals surface area contributed by atoms with E-state index in [1.807, 2.05) is 25.1 Å². The number of halogens is 3. The molecule has 5 nitrogen and oxygen atoms in total. The van der Waals surface area contributed by atoms with Crippen LogP contribution in [0.4, 0.5) is 18.9 Å². The number of alkyl halides is 3. The van der Waals surface area contributed by atoms with Crippen molar-refractivity contribution >= 4 is 27.6 Å². The average Bonchev–Trinajstić information content (AvgIpc) is 2.81. The zero-order chi connectivity index (χ0) is 25.6. The highest BCUT2D eigenvalue weighted by atomic mass is 32.2. The molecule has 4 rings (SSSR count). The van der Waals surface area contributed by atoms with Crippen molar-refractivity contribution in [1.29, 1.82) is 0 Å². The number of hydrogen-bond acceptors (Lipinski definition) is 5. The minimum absolute atomic E-state index is 0.0666. The minimum Gasteiger partial charge on any atom is -0.368 e.